The van der Waals surface area contributed by atoms with Crippen LogP contribution in [0.25, 0.3) is 0 Å². The van der Waals surface area contributed by atoms with Crippen molar-refractivity contribution >= 4 is 11.9 Å². The second kappa shape index (κ2) is 4.91. The Bertz CT molecular complexity index is 491. The zero-order valence-electron chi connectivity index (χ0n) is 11.0. The molecule has 1 aliphatic heterocycles. The lowest BCUT2D eigenvalue weighted by Crippen LogP contribution is -2.69. The summed E-state index contributed by atoms with van der Waals surface area (Å²) in [5.74, 6) is -0.397. The van der Waals surface area contributed by atoms with Gasteiger partial charge in [-0.2, -0.15) is 0 Å². The van der Waals surface area contributed by atoms with E-state index >= 15 is 0 Å². The maximum absolute atomic E-state index is 11.7. The van der Waals surface area contributed by atoms with Gasteiger partial charge in [0.2, 0.25) is 5.91 Å². The lowest BCUT2D eigenvalue weighted by Gasteiger charge is -2.47. The van der Waals surface area contributed by atoms with Crippen LogP contribution in [-0.4, -0.2) is 23.2 Å². The van der Waals surface area contributed by atoms with Crippen molar-refractivity contribution in [1.82, 2.24) is 5.32 Å². The quantitative estimate of drug-likeness (QED) is 0.797. The molecule has 1 aliphatic rings. The first-order chi connectivity index (χ1) is 9.03. The molecule has 5 nitrogen and oxygen atoms in total. The molecule has 0 aromatic heterocycles. The molecule has 1 atom stereocenters. The molecule has 1 fully saturated rings. The van der Waals surface area contributed by atoms with Crippen molar-refractivity contribution in [2.45, 2.75) is 32.9 Å². The van der Waals surface area contributed by atoms with E-state index in [4.69, 9.17) is 9.84 Å². The standard InChI is InChI=1S/C14H17NO4/c1-3-14(4-2)12(18)15-13(14)19-10-7-5-9(6-8-10)11(16)17/h5-8,13H,3-4H2,1-2H3,(H,15,18)(H,16,17)/t13-/m1/s1. The van der Waals surface area contributed by atoms with E-state index in [0.717, 1.165) is 0 Å². The predicted octanol–water partition coefficient (Wildman–Crippen LogP) is 2.03. The molecule has 5 heteroatoms. The summed E-state index contributed by atoms with van der Waals surface area (Å²) in [6, 6.07) is 6.17. The molecule has 2 N–H and O–H groups in total. The molecule has 0 unspecified atom stereocenters. The first-order valence-corrected chi connectivity index (χ1v) is 6.34. The Morgan fingerprint density at radius 1 is 1.32 bits per heavy atom. The van der Waals surface area contributed by atoms with Gasteiger partial charge in [0.05, 0.1) is 5.56 Å². The summed E-state index contributed by atoms with van der Waals surface area (Å²) < 4.78 is 5.73. The number of aromatic carboxylic acids is 1. The van der Waals surface area contributed by atoms with Crippen molar-refractivity contribution in [3.63, 3.8) is 0 Å². The number of carbonyl (C=O) groups excluding carboxylic acids is 1. The van der Waals surface area contributed by atoms with Gasteiger partial charge in [0.15, 0.2) is 6.23 Å². The highest BCUT2D eigenvalue weighted by molar-refractivity contribution is 5.89. The molecule has 1 aromatic rings. The number of hydrogen-bond acceptors (Lipinski definition) is 3. The summed E-state index contributed by atoms with van der Waals surface area (Å²) >= 11 is 0. The van der Waals surface area contributed by atoms with Crippen LogP contribution in [0, 0.1) is 5.41 Å². The summed E-state index contributed by atoms with van der Waals surface area (Å²) in [4.78, 5) is 22.4. The van der Waals surface area contributed by atoms with Crippen LogP contribution >= 0.6 is 0 Å². The van der Waals surface area contributed by atoms with Crippen LogP contribution < -0.4 is 10.1 Å². The topological polar surface area (TPSA) is 75.6 Å². The molecule has 0 radical (unpaired) electrons. The van der Waals surface area contributed by atoms with Crippen molar-refractivity contribution in [3.05, 3.63) is 29.8 Å². The van der Waals surface area contributed by atoms with E-state index in [1.807, 2.05) is 13.8 Å². The molecule has 0 spiro atoms. The molecule has 1 aromatic carbocycles. The SMILES string of the molecule is CCC1(CC)C(=O)N[C@@H]1Oc1ccc(C(=O)O)cc1. The zero-order valence-corrected chi connectivity index (χ0v) is 11.0. The Hall–Kier alpha value is -2.04. The Labute approximate surface area is 111 Å². The first-order valence-electron chi connectivity index (χ1n) is 6.34. The predicted molar refractivity (Wildman–Crippen MR) is 69.0 cm³/mol. The number of hydrogen-bond donors (Lipinski definition) is 2. The first kappa shape index (κ1) is 13.4. The molecule has 102 valence electrons. The molecule has 1 saturated heterocycles. The van der Waals surface area contributed by atoms with Crippen LogP contribution in [-0.2, 0) is 4.79 Å². The number of β-lactam (4-membered cyclic amide) rings is 1. The van der Waals surface area contributed by atoms with Gasteiger partial charge in [0.1, 0.15) is 11.2 Å². The molecule has 1 amide bonds. The Morgan fingerprint density at radius 2 is 1.89 bits per heavy atom. The lowest BCUT2D eigenvalue weighted by molar-refractivity contribution is -0.161. The average Bonchev–Trinajstić information content (AvgIpc) is 2.40. The minimum atomic E-state index is -0.972. The molecule has 1 heterocycles. The highest BCUT2D eigenvalue weighted by atomic mass is 16.5. The third-order valence-electron chi connectivity index (χ3n) is 3.83. The van der Waals surface area contributed by atoms with Crippen molar-refractivity contribution in [3.8, 4) is 5.75 Å². The zero-order chi connectivity index (χ0) is 14.0. The number of carboxylic acids is 1. The van der Waals surface area contributed by atoms with Gasteiger partial charge in [0.25, 0.3) is 0 Å². The van der Waals surface area contributed by atoms with Crippen molar-refractivity contribution < 1.29 is 19.4 Å². The van der Waals surface area contributed by atoms with E-state index in [2.05, 4.69) is 5.32 Å². The number of carbonyl (C=O) groups is 2. The number of carboxylic acid groups (broad SMARTS) is 1. The van der Waals surface area contributed by atoms with Gasteiger partial charge in [-0.3, -0.25) is 4.79 Å². The Morgan fingerprint density at radius 3 is 2.32 bits per heavy atom. The van der Waals surface area contributed by atoms with Gasteiger partial charge in [-0.1, -0.05) is 13.8 Å². The number of nitrogens with one attached hydrogen (secondary N) is 1. The summed E-state index contributed by atoms with van der Waals surface area (Å²) in [5.41, 5.74) is -0.256. The van der Waals surface area contributed by atoms with E-state index in [9.17, 15) is 9.59 Å². The lowest BCUT2D eigenvalue weighted by atomic mass is 9.73. The summed E-state index contributed by atoms with van der Waals surface area (Å²) in [6.07, 6.45) is 1.09. The van der Waals surface area contributed by atoms with Crippen LogP contribution in [0.5, 0.6) is 5.75 Å². The highest BCUT2D eigenvalue weighted by Gasteiger charge is 2.54. The summed E-state index contributed by atoms with van der Waals surface area (Å²) in [5, 5.41) is 11.6. The fraction of sp³-hybridized carbons (Fsp3) is 0.429. The van der Waals surface area contributed by atoms with Crippen LogP contribution in [0.4, 0.5) is 0 Å². The fourth-order valence-corrected chi connectivity index (χ4v) is 2.34. The summed E-state index contributed by atoms with van der Waals surface area (Å²) in [6.45, 7) is 3.93. The van der Waals surface area contributed by atoms with Gasteiger partial charge < -0.3 is 15.2 Å². The maximum Gasteiger partial charge on any atom is 0.335 e. The van der Waals surface area contributed by atoms with E-state index in [-0.39, 0.29) is 17.7 Å². The number of amides is 1. The number of rotatable bonds is 5. The van der Waals surface area contributed by atoms with Crippen LogP contribution in [0.2, 0.25) is 0 Å². The monoisotopic (exact) mass is 263 g/mol. The largest absolute Gasteiger partial charge is 0.478 e. The third-order valence-corrected chi connectivity index (χ3v) is 3.83. The van der Waals surface area contributed by atoms with Crippen LogP contribution in [0.1, 0.15) is 37.0 Å². The van der Waals surface area contributed by atoms with Gasteiger partial charge in [-0.05, 0) is 37.1 Å². The van der Waals surface area contributed by atoms with E-state index in [0.29, 0.717) is 18.6 Å². The van der Waals surface area contributed by atoms with Crippen molar-refractivity contribution in [2.24, 2.45) is 5.41 Å². The molecule has 19 heavy (non-hydrogen) atoms. The molecule has 0 bridgehead atoms. The Kier molecular flexibility index (Phi) is 3.46. The second-order valence-electron chi connectivity index (χ2n) is 4.66. The molecule has 0 aliphatic carbocycles. The second-order valence-corrected chi connectivity index (χ2v) is 4.66. The third kappa shape index (κ3) is 2.16. The fourth-order valence-electron chi connectivity index (χ4n) is 2.34. The molecular weight excluding hydrogens is 246 g/mol. The smallest absolute Gasteiger partial charge is 0.335 e. The number of benzene rings is 1. The van der Waals surface area contributed by atoms with Crippen molar-refractivity contribution in [2.75, 3.05) is 0 Å². The maximum atomic E-state index is 11.7. The minimum Gasteiger partial charge on any atom is -0.478 e. The number of ether oxygens (including phenoxy) is 1. The van der Waals surface area contributed by atoms with Crippen LogP contribution in [0.3, 0.4) is 0 Å². The van der Waals surface area contributed by atoms with Gasteiger partial charge in [0, 0.05) is 0 Å². The minimum absolute atomic E-state index is 0.0182. The van der Waals surface area contributed by atoms with Crippen molar-refractivity contribution in [1.29, 1.82) is 0 Å². The normalized spacial score (nSPS) is 20.3. The average molecular weight is 263 g/mol. The molecule has 0 saturated carbocycles. The van der Waals surface area contributed by atoms with E-state index < -0.39 is 11.4 Å². The van der Waals surface area contributed by atoms with Gasteiger partial charge in [-0.15, -0.1) is 0 Å². The summed E-state index contributed by atoms with van der Waals surface area (Å²) in [7, 11) is 0. The van der Waals surface area contributed by atoms with Gasteiger partial charge >= 0.3 is 5.97 Å². The van der Waals surface area contributed by atoms with Crippen LogP contribution in [0.15, 0.2) is 24.3 Å². The Balaban J connectivity index is 2.10. The molecule has 2 rings (SSSR count). The van der Waals surface area contributed by atoms with E-state index in [1.54, 1.807) is 12.1 Å². The highest BCUT2D eigenvalue weighted by Crippen LogP contribution is 2.39. The van der Waals surface area contributed by atoms with Gasteiger partial charge in [-0.25, -0.2) is 4.79 Å². The van der Waals surface area contributed by atoms with E-state index in [1.165, 1.54) is 12.1 Å². The molecular formula is C14H17NO4.